The van der Waals surface area contributed by atoms with Gasteiger partial charge in [0.2, 0.25) is 0 Å². The molecule has 0 aromatic heterocycles. The van der Waals surface area contributed by atoms with Crippen LogP contribution in [0, 0.1) is 0 Å². The maximum Gasteiger partial charge on any atom is 0.393 e. The molecule has 3 aliphatic rings. The average molecular weight is 667 g/mol. The van der Waals surface area contributed by atoms with Gasteiger partial charge in [-0.05, 0) is 54.3 Å². The minimum atomic E-state index is -0.960. The van der Waals surface area contributed by atoms with Gasteiger partial charge in [0.15, 0.2) is 22.9 Å². The van der Waals surface area contributed by atoms with Crippen molar-refractivity contribution >= 4 is 35.0 Å². The van der Waals surface area contributed by atoms with Gasteiger partial charge in [-0.1, -0.05) is 79.7 Å². The normalized spacial score (nSPS) is 18.3. The van der Waals surface area contributed by atoms with Crippen molar-refractivity contribution in [1.82, 2.24) is 9.29 Å². The van der Waals surface area contributed by atoms with E-state index < -0.39 is 38.3 Å². The Morgan fingerprint density at radius 1 is 0.580 bits per heavy atom. The van der Waals surface area contributed by atoms with E-state index in [0.29, 0.717) is 41.7 Å². The van der Waals surface area contributed by atoms with Crippen molar-refractivity contribution in [1.29, 1.82) is 0 Å². The summed E-state index contributed by atoms with van der Waals surface area (Å²) in [6.07, 6.45) is 12.2. The van der Waals surface area contributed by atoms with E-state index in [-0.39, 0.29) is 0 Å². The molecule has 0 N–H and O–H groups in total. The summed E-state index contributed by atoms with van der Waals surface area (Å²) >= 11 is 0. The largest absolute Gasteiger partial charge is 0.497 e. The third kappa shape index (κ3) is 5.20. The fourth-order valence-corrected chi connectivity index (χ4v) is 6.62. The lowest BCUT2D eigenvalue weighted by atomic mass is 9.68. The number of para-hydroxylation sites is 2. The van der Waals surface area contributed by atoms with Crippen LogP contribution in [0.3, 0.4) is 0 Å². The van der Waals surface area contributed by atoms with E-state index in [4.69, 9.17) is 14.4 Å². The van der Waals surface area contributed by atoms with Crippen LogP contribution in [0.2, 0.25) is 0 Å². The van der Waals surface area contributed by atoms with E-state index in [1.165, 1.54) is 24.3 Å². The summed E-state index contributed by atoms with van der Waals surface area (Å²) in [4.78, 5) is 65.5. The number of amides is 4. The molecular weight excluding hydrogens is 632 g/mol. The molecule has 248 valence electrons. The molecule has 4 aromatic rings. The van der Waals surface area contributed by atoms with Crippen LogP contribution < -0.4 is 19.0 Å². The Bertz CT molecular complexity index is 1910. The second-order valence-electron chi connectivity index (χ2n) is 12.1. The zero-order chi connectivity index (χ0) is 34.8. The number of carbonyl (C=O) groups excluding carboxylic acids is 4. The average Bonchev–Trinajstić information content (AvgIpc) is 3.61. The Balaban J connectivity index is 1.31. The summed E-state index contributed by atoms with van der Waals surface area (Å²) in [7, 11) is 0. The van der Waals surface area contributed by atoms with Crippen LogP contribution in [0.4, 0.5) is 11.4 Å². The lowest BCUT2D eigenvalue weighted by Crippen LogP contribution is -2.57. The zero-order valence-corrected chi connectivity index (χ0v) is 27.3. The highest BCUT2D eigenvalue weighted by Gasteiger charge is 2.55. The molecule has 0 unspecified atom stereocenters. The summed E-state index contributed by atoms with van der Waals surface area (Å²) in [6, 6.07) is 31.9. The van der Waals surface area contributed by atoms with Gasteiger partial charge in [0.25, 0.3) is 0 Å². The van der Waals surface area contributed by atoms with E-state index >= 15 is 0 Å². The third-order valence-electron chi connectivity index (χ3n) is 9.09. The molecule has 9 heteroatoms. The lowest BCUT2D eigenvalue weighted by Gasteiger charge is -2.38. The highest BCUT2D eigenvalue weighted by Crippen LogP contribution is 2.47. The fourth-order valence-electron chi connectivity index (χ4n) is 6.62. The van der Waals surface area contributed by atoms with E-state index in [9.17, 15) is 19.2 Å². The number of allylic oxidation sites excluding steroid dienone is 4. The number of rotatable bonds is 11. The van der Waals surface area contributed by atoms with Crippen molar-refractivity contribution in [2.75, 3.05) is 6.61 Å². The Kier molecular flexibility index (Phi) is 8.45. The maximum atomic E-state index is 13.3. The Morgan fingerprint density at radius 2 is 1.00 bits per heavy atom. The van der Waals surface area contributed by atoms with E-state index in [1.807, 2.05) is 55.5 Å². The first-order valence-electron chi connectivity index (χ1n) is 16.4. The number of hydrogen-bond acceptors (Lipinski definition) is 7. The Morgan fingerprint density at radius 3 is 1.40 bits per heavy atom. The molecular formula is C41H34N2O7+2. The predicted octanol–water partition coefficient (Wildman–Crippen LogP) is 7.09. The number of quaternary nitrogens is 2. The number of nitrogens with zero attached hydrogens (tertiary/aromatic N) is 2. The molecule has 0 saturated heterocycles. The number of hydrogen-bond donors (Lipinski definition) is 0. The van der Waals surface area contributed by atoms with Crippen molar-refractivity contribution in [3.63, 3.8) is 0 Å². The second kappa shape index (κ2) is 13.0. The number of carbonyl (C=O) groups is 4. The molecule has 2 aliphatic heterocycles. The molecule has 2 heterocycles. The predicted molar refractivity (Wildman–Crippen MR) is 188 cm³/mol. The van der Waals surface area contributed by atoms with Crippen molar-refractivity contribution < 1.29 is 33.6 Å². The first-order valence-corrected chi connectivity index (χ1v) is 16.4. The smallest absolute Gasteiger partial charge is 0.393 e. The minimum absolute atomic E-state index is 0.345. The van der Waals surface area contributed by atoms with Gasteiger partial charge in [-0.25, -0.2) is 19.2 Å². The molecule has 1 aliphatic carbocycles. The number of hydroxylamine groups is 4. The first-order chi connectivity index (χ1) is 24.3. The summed E-state index contributed by atoms with van der Waals surface area (Å²) in [5, 5.41) is 0. The molecule has 0 saturated carbocycles. The summed E-state index contributed by atoms with van der Waals surface area (Å²) in [6.45, 7) is 2.52. The Labute approximate surface area is 289 Å². The molecule has 7 rings (SSSR count). The number of imide groups is 2. The van der Waals surface area contributed by atoms with Crippen LogP contribution >= 0.6 is 0 Å². The van der Waals surface area contributed by atoms with Crippen molar-refractivity contribution in [3.05, 3.63) is 169 Å². The first kappa shape index (κ1) is 32.4. The lowest BCUT2D eigenvalue weighted by molar-refractivity contribution is -0.161. The minimum Gasteiger partial charge on any atom is -0.497 e. The van der Waals surface area contributed by atoms with Gasteiger partial charge < -0.3 is 4.74 Å². The van der Waals surface area contributed by atoms with Crippen LogP contribution in [-0.2, 0) is 29.3 Å². The van der Waals surface area contributed by atoms with E-state index in [0.717, 1.165) is 17.5 Å². The topological polar surface area (TPSA) is 96.0 Å². The monoisotopic (exact) mass is 666 g/mol. The number of ether oxygens (including phenoxy) is 1. The Hall–Kier alpha value is -6.16. The van der Waals surface area contributed by atoms with Crippen LogP contribution in [0.5, 0.6) is 11.5 Å². The van der Waals surface area contributed by atoms with Gasteiger partial charge in [0.05, 0.1) is 36.3 Å². The molecule has 4 aromatic carbocycles. The van der Waals surface area contributed by atoms with Crippen LogP contribution in [0.25, 0.3) is 0 Å². The van der Waals surface area contributed by atoms with Gasteiger partial charge in [-0.3, -0.25) is 9.68 Å². The zero-order valence-electron chi connectivity index (χ0n) is 27.3. The maximum absolute atomic E-state index is 13.3. The molecule has 0 atom stereocenters. The summed E-state index contributed by atoms with van der Waals surface area (Å²) in [5.41, 5.74) is 1.54. The summed E-state index contributed by atoms with van der Waals surface area (Å²) in [5.74, 6) is -0.605. The van der Waals surface area contributed by atoms with Crippen molar-refractivity contribution in [2.24, 2.45) is 0 Å². The van der Waals surface area contributed by atoms with Crippen molar-refractivity contribution in [3.8, 4) is 11.5 Å². The highest BCUT2D eigenvalue weighted by molar-refractivity contribution is 6.22. The highest BCUT2D eigenvalue weighted by atomic mass is 16.7. The van der Waals surface area contributed by atoms with E-state index in [2.05, 4.69) is 6.08 Å². The molecule has 4 amide bonds. The molecule has 0 bridgehead atoms. The molecule has 0 radical (unpaired) electrons. The number of benzene rings is 4. The van der Waals surface area contributed by atoms with Crippen LogP contribution in [0.15, 0.2) is 157 Å². The van der Waals surface area contributed by atoms with Crippen molar-refractivity contribution in [2.45, 2.75) is 25.2 Å². The second-order valence-corrected chi connectivity index (χ2v) is 12.1. The molecule has 9 nitrogen and oxygen atoms in total. The van der Waals surface area contributed by atoms with Gasteiger partial charge >= 0.3 is 23.6 Å². The third-order valence-corrected chi connectivity index (χ3v) is 9.09. The van der Waals surface area contributed by atoms with Crippen LogP contribution in [-0.4, -0.2) is 30.2 Å². The fraction of sp³-hybridized carbons (Fsp3) is 0.122. The quantitative estimate of drug-likeness (QED) is 0.125. The molecule has 0 fully saturated rings. The SMILES string of the molecule is CCCOC1=CC=CCC1(c1ccc([N+]2(Oc3ccccc3)C(=O)C=CC2=O)cc1)c1ccc([N+]2(Oc3ccccc3)C(=O)C=CC2=O)cc1. The standard InChI is InChI=1S/C41H34N2O7/c1-2-29-48-36-15-9-10-28-41(36,30-16-20-32(21-17-30)42(37(44)24-25-38(42)45)49-34-11-5-3-6-12-34)31-18-22-33(23-19-31)43(39(46)26-27-40(43)47)50-35-13-7-4-8-14-35/h3-27H,2,28-29H2,1H3/q+2. The molecule has 0 spiro atoms. The van der Waals surface area contributed by atoms with Gasteiger partial charge in [0.1, 0.15) is 5.76 Å². The van der Waals surface area contributed by atoms with Gasteiger partial charge in [-0.15, -0.1) is 0 Å². The summed E-state index contributed by atoms with van der Waals surface area (Å²) < 4.78 is 4.48. The molecule has 50 heavy (non-hydrogen) atoms. The van der Waals surface area contributed by atoms with Gasteiger partial charge in [-0.2, -0.15) is 0 Å². The van der Waals surface area contributed by atoms with Gasteiger partial charge in [0, 0.05) is 33.6 Å². The van der Waals surface area contributed by atoms with E-state index in [1.54, 1.807) is 72.8 Å². The van der Waals surface area contributed by atoms with Crippen LogP contribution in [0.1, 0.15) is 30.9 Å².